The maximum absolute atomic E-state index is 13.3. The molecule has 0 bridgehead atoms. The number of benzene rings is 4. The van der Waals surface area contributed by atoms with Crippen molar-refractivity contribution in [2.24, 2.45) is 11.8 Å². The number of fused-ring (bicyclic) bond motifs is 4. The van der Waals surface area contributed by atoms with Gasteiger partial charge in [0.1, 0.15) is 22.8 Å². The Morgan fingerprint density at radius 3 is 1.13 bits per heavy atom. The van der Waals surface area contributed by atoms with Crippen LogP contribution in [-0.2, 0) is 14.2 Å². The molecule has 4 fully saturated rings. The number of rotatable bonds is 25. The SMILES string of the molecule is CN(C(=O)c1cc2cc(Nc3nccc(-c4ccccn4)n3)ccc2[nH]1)C1CCOCC1.CN(CC1CCOCC1)C(=O)c1cc2cc(Nc3nccc(-c4ccccn4)n3)ccc2[nH]1.CN1CCC(CN2CCN(C(=O)c3cc4cc(Nc5nccc(-c6ccccn6)n5)ccc4[nH]3)CC2)CC1.COCCCN(C)C(=O)c1cc2cc(Nc3nccc(-c4ccccn4)n3)ccc2[nH]1. The molecule has 4 aliphatic rings. The van der Waals surface area contributed by atoms with Crippen molar-refractivity contribution >= 4 is 114 Å². The van der Waals surface area contributed by atoms with Crippen LogP contribution in [0.15, 0.2) is 244 Å². The van der Waals surface area contributed by atoms with Crippen LogP contribution in [-0.4, -0.2) is 266 Å². The standard InChI is InChI=1S/C29H34N8O.C25H26N6O2.C24H24N6O2.C23H24N6O2/c1-35-12-8-21(9-13-35)20-36-14-16-37(17-15-36)28(38)27-19-22-18-23(5-6-24(22)33-27)32-29-31-11-7-26(34-29)25-4-2-3-10-30-25;1-31(16-17-8-12-33-13-9-17)24(32)23-15-18-14-19(5-6-20(18)29-23)28-25-27-11-7-22(30-25)21-4-2-3-10-26-21;1-30(18-8-12-32-13-9-18)23(31)22-15-16-14-17(5-6-19(16)28-22)27-24-26-11-7-21(29-24)20-4-2-3-10-25-20;1-29(12-5-13-31-2)22(30)21-15-16-14-17(7-8-18(16)27-21)26-23-25-11-9-20(28-23)19-6-3-4-10-24-19/h2-7,10-11,18-19,21,33H,8-9,12-17,20H2,1H3,(H,31,32,34);2-7,10-11,14-15,17,29H,8-9,12-13,16H2,1H3,(H,27,28,30);2-7,10-11,14-15,18,28H,8-9,12-13H2,1H3,(H,26,27,29);3-4,6-11,14-15,27H,5,12-13H2,1-2H3,(H,25,26,28). The second kappa shape index (κ2) is 43.7. The Morgan fingerprint density at radius 2 is 0.754 bits per heavy atom. The number of aromatic amines is 4. The monoisotopic (exact) mass is 1800 g/mol. The van der Waals surface area contributed by atoms with Crippen molar-refractivity contribution < 1.29 is 33.4 Å². The lowest BCUT2D eigenvalue weighted by atomic mass is 9.96. The first-order valence-electron chi connectivity index (χ1n) is 45.3. The third-order valence-electron chi connectivity index (χ3n) is 24.2. The van der Waals surface area contributed by atoms with Crippen molar-refractivity contribution in [1.29, 1.82) is 0 Å². The molecule has 20 rings (SSSR count). The summed E-state index contributed by atoms with van der Waals surface area (Å²) in [5.41, 5.74) is 15.5. The van der Waals surface area contributed by atoms with Gasteiger partial charge in [-0.15, -0.1) is 0 Å². The first kappa shape index (κ1) is 90.8. The van der Waals surface area contributed by atoms with E-state index in [-0.39, 0.29) is 29.7 Å². The number of carbonyl (C=O) groups is 4. The summed E-state index contributed by atoms with van der Waals surface area (Å²) in [6.07, 6.45) is 20.9. The number of pyridine rings is 4. The van der Waals surface area contributed by atoms with Crippen molar-refractivity contribution in [3.8, 4) is 45.6 Å². The molecule has 12 aromatic heterocycles. The highest BCUT2D eigenvalue weighted by atomic mass is 16.5. The van der Waals surface area contributed by atoms with Gasteiger partial charge >= 0.3 is 0 Å². The lowest BCUT2D eigenvalue weighted by Crippen LogP contribution is -2.50. The third-order valence-corrected chi connectivity index (χ3v) is 24.2. The zero-order valence-corrected chi connectivity index (χ0v) is 75.6. The van der Waals surface area contributed by atoms with Gasteiger partial charge in [0.15, 0.2) is 0 Å². The van der Waals surface area contributed by atoms with Gasteiger partial charge in [0.05, 0.1) is 45.6 Å². The van der Waals surface area contributed by atoms with E-state index in [0.717, 1.165) is 202 Å². The molecular weight excluding hydrogens is 1690 g/mol. The summed E-state index contributed by atoms with van der Waals surface area (Å²) in [4.78, 5) is 130. The van der Waals surface area contributed by atoms with Crippen molar-refractivity contribution in [3.63, 3.8) is 0 Å². The molecule has 4 aromatic carbocycles. The molecule has 0 saturated carbocycles. The summed E-state index contributed by atoms with van der Waals surface area (Å²) in [6, 6.07) is 61.5. The van der Waals surface area contributed by atoms with Crippen molar-refractivity contribution in [3.05, 3.63) is 266 Å². The molecule has 0 radical (unpaired) electrons. The Hall–Kier alpha value is -15.2. The fraction of sp³-hybridized carbons (Fsp3) is 0.287. The minimum absolute atomic E-state index is 0.00130. The molecule has 33 heteroatoms. The fourth-order valence-electron chi connectivity index (χ4n) is 16.8. The number of nitrogens with one attached hydrogen (secondary N) is 8. The number of hydrogen-bond donors (Lipinski definition) is 8. The fourth-order valence-corrected chi connectivity index (χ4v) is 16.8. The highest BCUT2D eigenvalue weighted by molar-refractivity contribution is 6.02. The average Bonchev–Trinajstić information content (AvgIpc) is 1.66. The smallest absolute Gasteiger partial charge is 0.270 e. The number of likely N-dealkylation sites (tertiary alicyclic amines) is 1. The minimum atomic E-state index is -0.0480. The van der Waals surface area contributed by atoms with Crippen molar-refractivity contribution in [2.45, 2.75) is 51.0 Å². The Balaban J connectivity index is 0.000000125. The summed E-state index contributed by atoms with van der Waals surface area (Å²) in [7, 11) is 9.39. The molecular formula is C101H108N26O7. The Labute approximate surface area is 775 Å². The first-order valence-corrected chi connectivity index (χ1v) is 45.3. The normalized spacial score (nSPS) is 14.5. The highest BCUT2D eigenvalue weighted by Gasteiger charge is 2.29. The minimum Gasteiger partial charge on any atom is -0.385 e. The molecule has 0 atom stereocenters. The lowest BCUT2D eigenvalue weighted by Gasteiger charge is -2.38. The summed E-state index contributed by atoms with van der Waals surface area (Å²) < 4.78 is 15.9. The molecule has 16 heterocycles. The van der Waals surface area contributed by atoms with Crippen LogP contribution in [0.4, 0.5) is 46.5 Å². The van der Waals surface area contributed by atoms with Gasteiger partial charge in [0.25, 0.3) is 23.6 Å². The Bertz CT molecular complexity index is 6630. The van der Waals surface area contributed by atoms with E-state index in [1.165, 1.54) is 25.9 Å². The van der Waals surface area contributed by atoms with Crippen LogP contribution < -0.4 is 21.3 Å². The maximum atomic E-state index is 13.3. The number of piperidine rings is 1. The largest absolute Gasteiger partial charge is 0.385 e. The molecule has 0 unspecified atom stereocenters. The molecule has 4 amide bonds. The van der Waals surface area contributed by atoms with E-state index in [1.54, 1.807) is 73.5 Å². The first-order chi connectivity index (χ1) is 65.6. The number of H-pyrrole nitrogens is 4. The van der Waals surface area contributed by atoms with E-state index in [0.29, 0.717) is 78.9 Å². The molecule has 16 aromatic rings. The molecule has 684 valence electrons. The molecule has 33 nitrogen and oxygen atoms in total. The summed E-state index contributed by atoms with van der Waals surface area (Å²) in [6.45, 7) is 12.0. The van der Waals surface area contributed by atoms with E-state index < -0.39 is 0 Å². The Kier molecular flexibility index (Phi) is 29.6. The second-order valence-electron chi connectivity index (χ2n) is 33.8. The number of aromatic nitrogens is 16. The topological polar surface area (TPSA) is 381 Å². The van der Waals surface area contributed by atoms with E-state index in [2.05, 4.69) is 118 Å². The van der Waals surface area contributed by atoms with Gasteiger partial charge in [-0.05, 0) is 247 Å². The predicted octanol–water partition coefficient (Wildman–Crippen LogP) is 16.0. The van der Waals surface area contributed by atoms with Crippen LogP contribution in [0.1, 0.15) is 86.9 Å². The van der Waals surface area contributed by atoms with Crippen LogP contribution in [0.2, 0.25) is 0 Å². The van der Waals surface area contributed by atoms with Gasteiger partial charge in [-0.1, -0.05) is 24.3 Å². The highest BCUT2D eigenvalue weighted by Crippen LogP contribution is 2.32. The van der Waals surface area contributed by atoms with Gasteiger partial charge in [-0.25, -0.2) is 39.9 Å². The third kappa shape index (κ3) is 23.6. The van der Waals surface area contributed by atoms with Crippen molar-refractivity contribution in [1.82, 2.24) is 109 Å². The number of methoxy groups -OCH3 is 1. The number of piperazine rings is 1. The molecule has 0 spiro atoms. The molecule has 8 N–H and O–H groups in total. The molecule has 0 aliphatic carbocycles. The van der Waals surface area contributed by atoms with Crippen LogP contribution in [0.25, 0.3) is 89.2 Å². The van der Waals surface area contributed by atoms with Gasteiger partial charge in [0, 0.05) is 229 Å². The number of amides is 4. The van der Waals surface area contributed by atoms with Crippen LogP contribution >= 0.6 is 0 Å². The predicted molar refractivity (Wildman–Crippen MR) is 520 cm³/mol. The average molecular weight is 1800 g/mol. The van der Waals surface area contributed by atoms with E-state index in [4.69, 9.17) is 14.2 Å². The van der Waals surface area contributed by atoms with Gasteiger partial charge in [0.2, 0.25) is 23.8 Å². The van der Waals surface area contributed by atoms with Gasteiger partial charge in [-0.3, -0.25) is 44.0 Å². The number of anilines is 8. The number of ether oxygens (including phenoxy) is 3. The quantitative estimate of drug-likeness (QED) is 0.0246. The summed E-state index contributed by atoms with van der Waals surface area (Å²) in [5.74, 6) is 3.24. The molecule has 4 aliphatic heterocycles. The van der Waals surface area contributed by atoms with Crippen molar-refractivity contribution in [2.75, 3.05) is 149 Å². The maximum Gasteiger partial charge on any atom is 0.270 e. The zero-order chi connectivity index (χ0) is 92.1. The molecule has 134 heavy (non-hydrogen) atoms. The number of carbonyl (C=O) groups excluding carboxylic acids is 4. The van der Waals surface area contributed by atoms with Gasteiger partial charge < -0.3 is 79.9 Å². The summed E-state index contributed by atoms with van der Waals surface area (Å²) >= 11 is 0. The van der Waals surface area contributed by atoms with Crippen LogP contribution in [0, 0.1) is 11.8 Å². The Morgan fingerprint density at radius 1 is 0.388 bits per heavy atom. The van der Waals surface area contributed by atoms with E-state index >= 15 is 0 Å². The molecule has 4 saturated heterocycles. The van der Waals surface area contributed by atoms with Gasteiger partial charge in [-0.2, -0.15) is 0 Å². The lowest BCUT2D eigenvalue weighted by molar-refractivity contribution is 0.0359. The van der Waals surface area contributed by atoms with E-state index in [9.17, 15) is 19.2 Å². The van der Waals surface area contributed by atoms with Crippen LogP contribution in [0.3, 0.4) is 0 Å². The number of nitrogens with zero attached hydrogens (tertiary/aromatic N) is 18. The summed E-state index contributed by atoms with van der Waals surface area (Å²) in [5, 5.41) is 16.8. The number of hydrogen-bond acceptors (Lipinski definition) is 25. The second-order valence-corrected chi connectivity index (χ2v) is 33.8. The van der Waals surface area contributed by atoms with E-state index in [1.807, 2.05) is 218 Å². The van der Waals surface area contributed by atoms with Crippen LogP contribution in [0.5, 0.6) is 0 Å². The zero-order valence-electron chi connectivity index (χ0n) is 75.6.